The van der Waals surface area contributed by atoms with Crippen LogP contribution in [0.1, 0.15) is 28.4 Å². The number of carbonyl (C=O) groups excluding carboxylic acids is 1. The Kier molecular flexibility index (Phi) is 5.49. The van der Waals surface area contributed by atoms with Crippen LogP contribution in [0.3, 0.4) is 0 Å². The van der Waals surface area contributed by atoms with Gasteiger partial charge in [-0.05, 0) is 33.6 Å². The summed E-state index contributed by atoms with van der Waals surface area (Å²) in [5.74, 6) is 1.82. The first-order valence-electron chi connectivity index (χ1n) is 9.19. The maximum atomic E-state index is 13.1. The molecule has 0 saturated carbocycles. The molecule has 0 bridgehead atoms. The quantitative estimate of drug-likeness (QED) is 0.630. The van der Waals surface area contributed by atoms with Crippen molar-refractivity contribution >= 4 is 33.9 Å². The second-order valence-electron chi connectivity index (χ2n) is 6.72. The summed E-state index contributed by atoms with van der Waals surface area (Å²) >= 11 is 3.49. The molecule has 0 spiro atoms. The lowest BCUT2D eigenvalue weighted by atomic mass is 9.92. The lowest BCUT2D eigenvalue weighted by Crippen LogP contribution is -2.40. The number of aliphatic imine (C=N–C) groups is 2. The van der Waals surface area contributed by atoms with Crippen molar-refractivity contribution < 1.29 is 14.3 Å². The third kappa shape index (κ3) is 3.82. The van der Waals surface area contributed by atoms with Gasteiger partial charge >= 0.3 is 0 Å². The Hall–Kier alpha value is -2.93. The van der Waals surface area contributed by atoms with E-state index < -0.39 is 6.04 Å². The number of ether oxygens (including phenoxy) is 2. The highest BCUT2D eigenvalue weighted by atomic mass is 79.9. The number of nitrogens with zero attached hydrogens (tertiary/aromatic N) is 3. The Bertz CT molecular complexity index is 1020. The first kappa shape index (κ1) is 19.4. The van der Waals surface area contributed by atoms with Crippen LogP contribution in [0.2, 0.25) is 0 Å². The zero-order chi connectivity index (χ0) is 20.4. The number of halogens is 1. The highest BCUT2D eigenvalue weighted by Crippen LogP contribution is 2.38. The molecule has 0 saturated heterocycles. The summed E-state index contributed by atoms with van der Waals surface area (Å²) in [6.07, 6.45) is 4.16. The van der Waals surface area contributed by atoms with Crippen molar-refractivity contribution in [2.24, 2.45) is 9.98 Å². The minimum Gasteiger partial charge on any atom is -0.493 e. The van der Waals surface area contributed by atoms with Gasteiger partial charge in [-0.3, -0.25) is 4.79 Å². The number of Topliss-reactive ketones (excluding diaryl/α,β-unsaturated/α-hetero) is 1. The van der Waals surface area contributed by atoms with E-state index in [2.05, 4.69) is 25.9 Å². The lowest BCUT2D eigenvalue weighted by molar-refractivity contribution is 0.0940. The summed E-state index contributed by atoms with van der Waals surface area (Å²) in [4.78, 5) is 24.2. The molecule has 0 amide bonds. The molecule has 0 aromatic heterocycles. The van der Waals surface area contributed by atoms with E-state index in [-0.39, 0.29) is 11.8 Å². The van der Waals surface area contributed by atoms with Crippen LogP contribution in [0, 0.1) is 0 Å². The van der Waals surface area contributed by atoms with Gasteiger partial charge in [0, 0.05) is 24.4 Å². The Labute approximate surface area is 177 Å². The summed E-state index contributed by atoms with van der Waals surface area (Å²) in [5.41, 5.74) is 1.65. The van der Waals surface area contributed by atoms with E-state index >= 15 is 0 Å². The average Bonchev–Trinajstić information content (AvgIpc) is 2.78. The van der Waals surface area contributed by atoms with E-state index in [0.717, 1.165) is 10.0 Å². The first-order valence-corrected chi connectivity index (χ1v) is 9.98. The fraction of sp³-hybridized carbons (Fsp3) is 0.227. The fourth-order valence-corrected chi connectivity index (χ4v) is 3.90. The molecule has 29 heavy (non-hydrogen) atoms. The molecule has 2 aromatic rings. The third-order valence-electron chi connectivity index (χ3n) is 5.00. The zero-order valence-electron chi connectivity index (χ0n) is 16.1. The van der Waals surface area contributed by atoms with E-state index in [1.807, 2.05) is 59.6 Å². The Morgan fingerprint density at radius 1 is 1.10 bits per heavy atom. The van der Waals surface area contributed by atoms with Gasteiger partial charge < -0.3 is 14.4 Å². The number of fused-ring (bicyclic) bond motifs is 1. The molecule has 6 nitrogen and oxygen atoms in total. The monoisotopic (exact) mass is 453 g/mol. The van der Waals surface area contributed by atoms with E-state index in [0.29, 0.717) is 29.4 Å². The second-order valence-corrected chi connectivity index (χ2v) is 7.64. The van der Waals surface area contributed by atoms with Crippen LogP contribution in [0.25, 0.3) is 0 Å². The van der Waals surface area contributed by atoms with Gasteiger partial charge in [-0.2, -0.15) is 0 Å². The molecule has 0 radical (unpaired) electrons. The standard InChI is InChI=1S/C22H20BrN3O3/c1-28-19-9-8-15(10-20(19)29-2)18-11-17(21(27)14-6-4-3-5-7-14)25-22-24-12-16(23)13-26(18)22/h3-10,12-13,17-18H,11H2,1-2H3. The molecule has 0 aliphatic carbocycles. The summed E-state index contributed by atoms with van der Waals surface area (Å²) in [7, 11) is 3.22. The van der Waals surface area contributed by atoms with Crippen LogP contribution in [-0.4, -0.2) is 43.1 Å². The van der Waals surface area contributed by atoms with Gasteiger partial charge in [0.2, 0.25) is 5.96 Å². The number of allylic oxidation sites excluding steroid dienone is 1. The number of hydrogen-bond acceptors (Lipinski definition) is 6. The number of benzene rings is 2. The number of rotatable bonds is 5. The minimum atomic E-state index is -0.510. The zero-order valence-corrected chi connectivity index (χ0v) is 17.7. The lowest BCUT2D eigenvalue weighted by Gasteiger charge is -2.37. The normalized spacial score (nSPS) is 20.4. The van der Waals surface area contributed by atoms with Gasteiger partial charge in [0.15, 0.2) is 17.3 Å². The average molecular weight is 454 g/mol. The molecule has 2 unspecified atom stereocenters. The van der Waals surface area contributed by atoms with E-state index in [4.69, 9.17) is 9.47 Å². The van der Waals surface area contributed by atoms with Crippen molar-refractivity contribution in [2.75, 3.05) is 14.2 Å². The third-order valence-corrected chi connectivity index (χ3v) is 5.41. The maximum Gasteiger partial charge on any atom is 0.226 e. The second kappa shape index (κ2) is 8.21. The maximum absolute atomic E-state index is 13.1. The van der Waals surface area contributed by atoms with Crippen LogP contribution in [0.5, 0.6) is 11.5 Å². The molecule has 2 heterocycles. The molecule has 7 heteroatoms. The Morgan fingerprint density at radius 2 is 1.86 bits per heavy atom. The molecule has 2 atom stereocenters. The van der Waals surface area contributed by atoms with Gasteiger partial charge in [-0.1, -0.05) is 36.4 Å². The van der Waals surface area contributed by atoms with Crippen molar-refractivity contribution in [3.63, 3.8) is 0 Å². The van der Waals surface area contributed by atoms with Gasteiger partial charge in [0.25, 0.3) is 0 Å². The topological polar surface area (TPSA) is 63.5 Å². The number of hydrogen-bond donors (Lipinski definition) is 0. The molecule has 2 aliphatic heterocycles. The van der Waals surface area contributed by atoms with E-state index in [9.17, 15) is 4.79 Å². The molecule has 0 fully saturated rings. The van der Waals surface area contributed by atoms with E-state index in [1.54, 1.807) is 20.4 Å². The van der Waals surface area contributed by atoms with Crippen molar-refractivity contribution in [1.29, 1.82) is 0 Å². The summed E-state index contributed by atoms with van der Waals surface area (Å²) in [6.45, 7) is 0. The molecule has 4 rings (SSSR count). The smallest absolute Gasteiger partial charge is 0.226 e. The van der Waals surface area contributed by atoms with Crippen molar-refractivity contribution in [3.8, 4) is 11.5 Å². The number of methoxy groups -OCH3 is 2. The van der Waals surface area contributed by atoms with Crippen molar-refractivity contribution in [1.82, 2.24) is 4.90 Å². The predicted octanol–water partition coefficient (Wildman–Crippen LogP) is 4.38. The largest absolute Gasteiger partial charge is 0.493 e. The fourth-order valence-electron chi connectivity index (χ4n) is 3.57. The number of guanidine groups is 1. The van der Waals surface area contributed by atoms with Crippen LogP contribution < -0.4 is 9.47 Å². The van der Waals surface area contributed by atoms with Crippen LogP contribution in [0.4, 0.5) is 0 Å². The molecular weight excluding hydrogens is 434 g/mol. The first-order chi connectivity index (χ1) is 14.1. The Balaban J connectivity index is 1.74. The summed E-state index contributed by atoms with van der Waals surface area (Å²) in [5, 5.41) is 0. The van der Waals surface area contributed by atoms with Crippen molar-refractivity contribution in [3.05, 3.63) is 70.3 Å². The van der Waals surface area contributed by atoms with Crippen molar-refractivity contribution in [2.45, 2.75) is 18.5 Å². The molecular formula is C22H20BrN3O3. The molecule has 148 valence electrons. The van der Waals surface area contributed by atoms with Crippen LogP contribution in [-0.2, 0) is 0 Å². The molecule has 2 aromatic carbocycles. The molecule has 0 N–H and O–H groups in total. The van der Waals surface area contributed by atoms with Gasteiger partial charge in [-0.15, -0.1) is 0 Å². The number of carbonyl (C=O) groups is 1. The van der Waals surface area contributed by atoms with E-state index in [1.165, 1.54) is 0 Å². The van der Waals surface area contributed by atoms with Gasteiger partial charge in [0.05, 0.1) is 24.7 Å². The summed E-state index contributed by atoms with van der Waals surface area (Å²) < 4.78 is 11.7. The highest BCUT2D eigenvalue weighted by Gasteiger charge is 2.35. The molecule has 2 aliphatic rings. The van der Waals surface area contributed by atoms with Gasteiger partial charge in [0.1, 0.15) is 6.04 Å². The van der Waals surface area contributed by atoms with Crippen LogP contribution in [0.15, 0.2) is 69.2 Å². The van der Waals surface area contributed by atoms with Crippen LogP contribution >= 0.6 is 15.9 Å². The minimum absolute atomic E-state index is 0.00737. The predicted molar refractivity (Wildman–Crippen MR) is 116 cm³/mol. The van der Waals surface area contributed by atoms with Gasteiger partial charge in [-0.25, -0.2) is 9.98 Å². The highest BCUT2D eigenvalue weighted by molar-refractivity contribution is 9.12. The SMILES string of the molecule is COc1ccc(C2CC(C(=O)c3ccccc3)N=C3N=CC(Br)=CN32)cc1OC. The Morgan fingerprint density at radius 3 is 2.59 bits per heavy atom. The summed E-state index contributed by atoms with van der Waals surface area (Å²) in [6, 6.07) is 14.4. The number of ketones is 1.